The second-order valence-corrected chi connectivity index (χ2v) is 5.31. The second-order valence-electron chi connectivity index (χ2n) is 5.31. The number of hydrogen-bond donors (Lipinski definition) is 3. The van der Waals surface area contributed by atoms with Crippen LogP contribution in [0.1, 0.15) is 16.7 Å². The molecule has 0 spiro atoms. The number of nitrogens with two attached hydrogens (primary N) is 2. The smallest absolute Gasteiger partial charge is 0.384 e. The zero-order valence-electron chi connectivity index (χ0n) is 12.7. The number of carbonyl (C=O) groups excluding carboxylic acids is 1. The number of anilines is 1. The van der Waals surface area contributed by atoms with Gasteiger partial charge in [0, 0.05) is 12.7 Å². The van der Waals surface area contributed by atoms with Crippen molar-refractivity contribution in [1.29, 1.82) is 0 Å². The van der Waals surface area contributed by atoms with Gasteiger partial charge in [0.05, 0.1) is 11.6 Å². The molecule has 24 heavy (non-hydrogen) atoms. The summed E-state index contributed by atoms with van der Waals surface area (Å²) in [6.07, 6.45) is -2.70. The number of alkyl halides is 3. The Morgan fingerprint density at radius 3 is 2.29 bits per heavy atom. The number of hydrogen-bond acceptors (Lipinski definition) is 4. The molecule has 0 aliphatic rings. The number of nitrogen functional groups attached to an aromatic ring is 1. The predicted octanol–water partition coefficient (Wildman–Crippen LogP) is 1.87. The van der Waals surface area contributed by atoms with E-state index in [0.717, 1.165) is 17.7 Å². The summed E-state index contributed by atoms with van der Waals surface area (Å²) in [6, 6.07) is 7.07. The van der Waals surface area contributed by atoms with Crippen molar-refractivity contribution in [1.82, 2.24) is 10.3 Å². The molecule has 2 rings (SSSR count). The number of pyridine rings is 1. The van der Waals surface area contributed by atoms with Crippen LogP contribution >= 0.6 is 0 Å². The van der Waals surface area contributed by atoms with Gasteiger partial charge in [0.25, 0.3) is 0 Å². The van der Waals surface area contributed by atoms with Crippen molar-refractivity contribution < 1.29 is 18.0 Å². The third kappa shape index (κ3) is 4.95. The van der Waals surface area contributed by atoms with E-state index in [9.17, 15) is 18.0 Å². The van der Waals surface area contributed by atoms with Crippen LogP contribution in [0, 0.1) is 0 Å². The summed E-state index contributed by atoms with van der Waals surface area (Å²) in [5.74, 6) is -0.0178. The monoisotopic (exact) mass is 338 g/mol. The van der Waals surface area contributed by atoms with Crippen LogP contribution in [0.4, 0.5) is 19.0 Å². The average Bonchev–Trinajstić information content (AvgIpc) is 2.53. The molecule has 0 unspecified atom stereocenters. The molecule has 1 aromatic carbocycles. The summed E-state index contributed by atoms with van der Waals surface area (Å²) in [7, 11) is 0. The first-order chi connectivity index (χ1) is 11.3. The van der Waals surface area contributed by atoms with Crippen LogP contribution < -0.4 is 16.8 Å². The Labute approximate surface area is 136 Å². The highest BCUT2D eigenvalue weighted by Gasteiger charge is 2.30. The minimum atomic E-state index is -4.38. The first-order valence-corrected chi connectivity index (χ1v) is 7.15. The van der Waals surface area contributed by atoms with Gasteiger partial charge in [-0.25, -0.2) is 4.98 Å². The molecule has 1 aromatic heterocycles. The molecule has 1 amide bonds. The van der Waals surface area contributed by atoms with Crippen LogP contribution in [-0.2, 0) is 23.9 Å². The van der Waals surface area contributed by atoms with Gasteiger partial charge in [-0.05, 0) is 35.7 Å². The molecular weight excluding hydrogens is 321 g/mol. The quantitative estimate of drug-likeness (QED) is 0.776. The minimum absolute atomic E-state index is 0.143. The third-order valence-corrected chi connectivity index (χ3v) is 3.39. The molecule has 0 saturated carbocycles. The number of rotatable bonds is 5. The average molecular weight is 338 g/mol. The maximum Gasteiger partial charge on any atom is 0.416 e. The number of halogens is 3. The van der Waals surface area contributed by atoms with Crippen molar-refractivity contribution in [3.05, 3.63) is 59.3 Å². The number of nitrogens with one attached hydrogen (secondary N) is 1. The molecule has 0 aliphatic carbocycles. The van der Waals surface area contributed by atoms with E-state index < -0.39 is 23.7 Å². The van der Waals surface area contributed by atoms with Gasteiger partial charge in [0.1, 0.15) is 5.82 Å². The summed E-state index contributed by atoms with van der Waals surface area (Å²) in [5, 5.41) is 2.65. The molecule has 0 aliphatic heterocycles. The van der Waals surface area contributed by atoms with Gasteiger partial charge < -0.3 is 16.8 Å². The molecule has 2 aromatic rings. The first kappa shape index (κ1) is 17.7. The third-order valence-electron chi connectivity index (χ3n) is 3.39. The Morgan fingerprint density at radius 1 is 1.12 bits per heavy atom. The summed E-state index contributed by atoms with van der Waals surface area (Å²) >= 11 is 0. The molecule has 5 nitrogen and oxygen atoms in total. The summed E-state index contributed by atoms with van der Waals surface area (Å²) in [6.45, 7) is 0.243. The number of benzene rings is 1. The second kappa shape index (κ2) is 7.31. The molecule has 0 radical (unpaired) electrons. The maximum absolute atomic E-state index is 12.5. The van der Waals surface area contributed by atoms with E-state index in [1.54, 1.807) is 12.1 Å². The molecule has 0 bridgehead atoms. The highest BCUT2D eigenvalue weighted by Crippen LogP contribution is 2.29. The van der Waals surface area contributed by atoms with Gasteiger partial charge in [-0.3, -0.25) is 4.79 Å². The zero-order chi connectivity index (χ0) is 17.7. The van der Waals surface area contributed by atoms with Crippen LogP contribution in [0.3, 0.4) is 0 Å². The van der Waals surface area contributed by atoms with E-state index in [0.29, 0.717) is 11.4 Å². The van der Waals surface area contributed by atoms with Crippen LogP contribution in [0.5, 0.6) is 0 Å². The van der Waals surface area contributed by atoms with Gasteiger partial charge in [-0.1, -0.05) is 18.2 Å². The Morgan fingerprint density at radius 2 is 1.75 bits per heavy atom. The molecular formula is C16H17F3N4O. The predicted molar refractivity (Wildman–Crippen MR) is 83.6 cm³/mol. The van der Waals surface area contributed by atoms with E-state index in [4.69, 9.17) is 11.5 Å². The normalized spacial score (nSPS) is 12.7. The number of nitrogens with zero attached hydrogens (tertiary/aromatic N) is 1. The van der Waals surface area contributed by atoms with E-state index in [2.05, 4.69) is 10.3 Å². The van der Waals surface area contributed by atoms with E-state index in [1.807, 2.05) is 0 Å². The maximum atomic E-state index is 12.5. The number of carbonyl (C=O) groups is 1. The fourth-order valence-corrected chi connectivity index (χ4v) is 2.04. The SMILES string of the molecule is Nc1ccc(CNC(=O)[C@@H](N)Cc2ccc(C(F)(F)F)cc2)cn1. The van der Waals surface area contributed by atoms with Gasteiger partial charge in [0.15, 0.2) is 0 Å². The number of amides is 1. The van der Waals surface area contributed by atoms with Crippen molar-refractivity contribution >= 4 is 11.7 Å². The fraction of sp³-hybridized carbons (Fsp3) is 0.250. The standard InChI is InChI=1S/C16H17F3N4O/c17-16(18,19)12-4-1-10(2-5-12)7-13(20)15(24)23-9-11-3-6-14(21)22-8-11/h1-6,8,13H,7,9,20H2,(H2,21,22)(H,23,24)/t13-/m0/s1. The molecule has 8 heteroatoms. The fourth-order valence-electron chi connectivity index (χ4n) is 2.04. The first-order valence-electron chi connectivity index (χ1n) is 7.15. The van der Waals surface area contributed by atoms with Crippen molar-refractivity contribution in [2.75, 3.05) is 5.73 Å². The van der Waals surface area contributed by atoms with Crippen LogP contribution in [-0.4, -0.2) is 16.9 Å². The lowest BCUT2D eigenvalue weighted by Crippen LogP contribution is -2.41. The molecule has 0 saturated heterocycles. The molecule has 5 N–H and O–H groups in total. The Bertz CT molecular complexity index is 684. The van der Waals surface area contributed by atoms with E-state index >= 15 is 0 Å². The van der Waals surface area contributed by atoms with Gasteiger partial charge >= 0.3 is 6.18 Å². The highest BCUT2D eigenvalue weighted by molar-refractivity contribution is 5.81. The Kier molecular flexibility index (Phi) is 5.40. The lowest BCUT2D eigenvalue weighted by atomic mass is 10.0. The van der Waals surface area contributed by atoms with E-state index in [1.165, 1.54) is 18.3 Å². The van der Waals surface area contributed by atoms with Crippen LogP contribution in [0.2, 0.25) is 0 Å². The van der Waals surface area contributed by atoms with E-state index in [-0.39, 0.29) is 13.0 Å². The Balaban J connectivity index is 1.88. The van der Waals surface area contributed by atoms with Gasteiger partial charge in [-0.15, -0.1) is 0 Å². The molecule has 128 valence electrons. The minimum Gasteiger partial charge on any atom is -0.384 e. The van der Waals surface area contributed by atoms with Crippen molar-refractivity contribution in [2.45, 2.75) is 25.2 Å². The lowest BCUT2D eigenvalue weighted by molar-refractivity contribution is -0.137. The summed E-state index contributed by atoms with van der Waals surface area (Å²) in [4.78, 5) is 15.9. The lowest BCUT2D eigenvalue weighted by Gasteiger charge is -2.13. The molecule has 0 fully saturated rings. The number of aromatic nitrogens is 1. The van der Waals surface area contributed by atoms with Crippen molar-refractivity contribution in [2.24, 2.45) is 5.73 Å². The topological polar surface area (TPSA) is 94.0 Å². The van der Waals surface area contributed by atoms with Gasteiger partial charge in [-0.2, -0.15) is 13.2 Å². The van der Waals surface area contributed by atoms with Crippen molar-refractivity contribution in [3.8, 4) is 0 Å². The largest absolute Gasteiger partial charge is 0.416 e. The Hall–Kier alpha value is -2.61. The summed E-state index contributed by atoms with van der Waals surface area (Å²) in [5.41, 5.74) is 11.8. The molecule has 1 atom stereocenters. The van der Waals surface area contributed by atoms with Crippen molar-refractivity contribution in [3.63, 3.8) is 0 Å². The summed E-state index contributed by atoms with van der Waals surface area (Å²) < 4.78 is 37.5. The van der Waals surface area contributed by atoms with Gasteiger partial charge in [0.2, 0.25) is 5.91 Å². The highest BCUT2D eigenvalue weighted by atomic mass is 19.4. The van der Waals surface area contributed by atoms with Crippen LogP contribution in [0.25, 0.3) is 0 Å². The molecule has 1 heterocycles. The zero-order valence-corrected chi connectivity index (χ0v) is 12.7. The van der Waals surface area contributed by atoms with Crippen LogP contribution in [0.15, 0.2) is 42.6 Å².